The lowest BCUT2D eigenvalue weighted by molar-refractivity contribution is -0.274. The number of nitrogens with one attached hydrogen (secondary N) is 1. The Morgan fingerprint density at radius 1 is 1.14 bits per heavy atom. The smallest absolute Gasteiger partial charge is 0.406 e. The van der Waals surface area contributed by atoms with Crippen molar-refractivity contribution in [3.63, 3.8) is 0 Å². The van der Waals surface area contributed by atoms with Crippen molar-refractivity contribution in [3.05, 3.63) is 54.1 Å². The molecule has 0 spiro atoms. The molecule has 1 aliphatic heterocycles. The number of carbonyl (C=O) groups is 2. The highest BCUT2D eigenvalue weighted by atomic mass is 19.4. The maximum absolute atomic E-state index is 12.5. The highest BCUT2D eigenvalue weighted by Crippen LogP contribution is 2.27. The van der Waals surface area contributed by atoms with E-state index in [4.69, 9.17) is 0 Å². The van der Waals surface area contributed by atoms with E-state index in [2.05, 4.69) is 10.1 Å². The van der Waals surface area contributed by atoms with Gasteiger partial charge in [0.1, 0.15) is 5.75 Å². The number of nitrogens with zero attached hydrogens (tertiary/aromatic N) is 1. The SMILES string of the molecule is CCc1ccc(N2C[C@H](C(=O)Nc3ccc(OC(F)(F)F)cc3)CC2=O)cc1. The van der Waals surface area contributed by atoms with E-state index in [9.17, 15) is 22.8 Å². The molecule has 8 heteroatoms. The zero-order valence-corrected chi connectivity index (χ0v) is 15.1. The third kappa shape index (κ3) is 4.82. The van der Waals surface area contributed by atoms with Crippen molar-refractivity contribution < 1.29 is 27.5 Å². The predicted molar refractivity (Wildman–Crippen MR) is 98.0 cm³/mol. The summed E-state index contributed by atoms with van der Waals surface area (Å²) in [6.45, 7) is 2.30. The second kappa shape index (κ2) is 7.92. The summed E-state index contributed by atoms with van der Waals surface area (Å²) in [4.78, 5) is 26.3. The molecule has 1 saturated heterocycles. The summed E-state index contributed by atoms with van der Waals surface area (Å²) >= 11 is 0. The van der Waals surface area contributed by atoms with E-state index in [0.29, 0.717) is 5.69 Å². The molecule has 1 fully saturated rings. The number of benzene rings is 2. The highest BCUT2D eigenvalue weighted by Gasteiger charge is 2.35. The zero-order chi connectivity index (χ0) is 20.3. The Bertz CT molecular complexity index is 848. The standard InChI is InChI=1S/C20H19F3N2O3/c1-2-13-3-7-16(8-4-13)25-12-14(11-18(25)26)19(27)24-15-5-9-17(10-6-15)28-20(21,22)23/h3-10,14H,2,11-12H2,1H3,(H,24,27)/t14-/m1/s1. The summed E-state index contributed by atoms with van der Waals surface area (Å²) in [5.41, 5.74) is 2.23. The molecule has 3 rings (SSSR count). The number of aryl methyl sites for hydroxylation is 1. The van der Waals surface area contributed by atoms with Gasteiger partial charge in [-0.25, -0.2) is 0 Å². The van der Waals surface area contributed by atoms with Gasteiger partial charge in [0.15, 0.2) is 0 Å². The minimum Gasteiger partial charge on any atom is -0.406 e. The first-order chi connectivity index (χ1) is 13.2. The topological polar surface area (TPSA) is 58.6 Å². The molecule has 2 amide bonds. The van der Waals surface area contributed by atoms with Gasteiger partial charge in [-0.15, -0.1) is 13.2 Å². The van der Waals surface area contributed by atoms with Crippen LogP contribution < -0.4 is 15.0 Å². The average molecular weight is 392 g/mol. The third-order valence-corrected chi connectivity index (χ3v) is 4.51. The molecule has 0 aromatic heterocycles. The van der Waals surface area contributed by atoms with Crippen molar-refractivity contribution >= 4 is 23.2 Å². The van der Waals surface area contributed by atoms with Crippen LogP contribution in [-0.2, 0) is 16.0 Å². The number of amides is 2. The molecule has 0 radical (unpaired) electrons. The quantitative estimate of drug-likeness (QED) is 0.832. The molecule has 1 heterocycles. The predicted octanol–water partition coefficient (Wildman–Crippen LogP) is 4.14. The van der Waals surface area contributed by atoms with Crippen LogP contribution in [0.2, 0.25) is 0 Å². The molecule has 1 atom stereocenters. The summed E-state index contributed by atoms with van der Waals surface area (Å²) in [5.74, 6) is -1.41. The van der Waals surface area contributed by atoms with Gasteiger partial charge in [0.2, 0.25) is 11.8 Å². The van der Waals surface area contributed by atoms with Crippen molar-refractivity contribution in [2.24, 2.45) is 5.92 Å². The molecular weight excluding hydrogens is 373 g/mol. The average Bonchev–Trinajstić information content (AvgIpc) is 3.04. The molecule has 28 heavy (non-hydrogen) atoms. The molecule has 0 aliphatic carbocycles. The summed E-state index contributed by atoms with van der Waals surface area (Å²) in [6, 6.07) is 12.5. The van der Waals surface area contributed by atoms with Gasteiger partial charge in [0, 0.05) is 24.3 Å². The first kappa shape index (κ1) is 19.7. The summed E-state index contributed by atoms with van der Waals surface area (Å²) in [5, 5.41) is 2.63. The molecule has 5 nitrogen and oxygen atoms in total. The van der Waals surface area contributed by atoms with Gasteiger partial charge in [-0.2, -0.15) is 0 Å². The minimum absolute atomic E-state index is 0.0800. The number of hydrogen-bond donors (Lipinski definition) is 1. The molecule has 148 valence electrons. The lowest BCUT2D eigenvalue weighted by Crippen LogP contribution is -2.28. The van der Waals surface area contributed by atoms with Crippen molar-refractivity contribution in [3.8, 4) is 5.75 Å². The number of ether oxygens (including phenoxy) is 1. The Kier molecular flexibility index (Phi) is 5.58. The first-order valence-corrected chi connectivity index (χ1v) is 8.81. The van der Waals surface area contributed by atoms with Crippen LogP contribution in [-0.4, -0.2) is 24.7 Å². The Morgan fingerprint density at radius 2 is 1.79 bits per heavy atom. The second-order valence-corrected chi connectivity index (χ2v) is 6.49. The number of anilines is 2. The van der Waals surface area contributed by atoms with Crippen LogP contribution in [0.25, 0.3) is 0 Å². The lowest BCUT2D eigenvalue weighted by Gasteiger charge is -2.17. The third-order valence-electron chi connectivity index (χ3n) is 4.51. The summed E-state index contributed by atoms with van der Waals surface area (Å²) in [6.07, 6.45) is -3.80. The first-order valence-electron chi connectivity index (χ1n) is 8.81. The minimum atomic E-state index is -4.77. The van der Waals surface area contributed by atoms with Crippen LogP contribution in [0, 0.1) is 5.92 Å². The molecule has 2 aromatic carbocycles. The molecular formula is C20H19F3N2O3. The summed E-state index contributed by atoms with van der Waals surface area (Å²) < 4.78 is 40.3. The molecule has 2 aromatic rings. The molecule has 0 saturated carbocycles. The van der Waals surface area contributed by atoms with Crippen LogP contribution in [0.15, 0.2) is 48.5 Å². The molecule has 0 bridgehead atoms. The molecule has 1 N–H and O–H groups in total. The van der Waals surface area contributed by atoms with Gasteiger partial charge in [-0.1, -0.05) is 19.1 Å². The van der Waals surface area contributed by atoms with E-state index in [0.717, 1.165) is 29.8 Å². The maximum atomic E-state index is 12.5. The Balaban J connectivity index is 1.61. The number of rotatable bonds is 5. The van der Waals surface area contributed by atoms with Gasteiger partial charge < -0.3 is 15.0 Å². The largest absolute Gasteiger partial charge is 0.573 e. The van der Waals surface area contributed by atoms with Gasteiger partial charge in [-0.3, -0.25) is 9.59 Å². The maximum Gasteiger partial charge on any atom is 0.573 e. The van der Waals surface area contributed by atoms with E-state index in [-0.39, 0.29) is 30.5 Å². The molecule has 1 aliphatic rings. The van der Waals surface area contributed by atoms with Crippen LogP contribution in [0.5, 0.6) is 5.75 Å². The fourth-order valence-corrected chi connectivity index (χ4v) is 3.03. The Labute approximate surface area is 160 Å². The normalized spacial score (nSPS) is 16.9. The fraction of sp³-hybridized carbons (Fsp3) is 0.300. The van der Waals surface area contributed by atoms with Crippen molar-refractivity contribution in [2.75, 3.05) is 16.8 Å². The van der Waals surface area contributed by atoms with Crippen LogP contribution in [0.4, 0.5) is 24.5 Å². The zero-order valence-electron chi connectivity index (χ0n) is 15.1. The second-order valence-electron chi connectivity index (χ2n) is 6.49. The van der Waals surface area contributed by atoms with Crippen molar-refractivity contribution in [2.45, 2.75) is 26.1 Å². The summed E-state index contributed by atoms with van der Waals surface area (Å²) in [7, 11) is 0. The van der Waals surface area contributed by atoms with Crippen LogP contribution in [0.3, 0.4) is 0 Å². The molecule has 0 unspecified atom stereocenters. The Hall–Kier alpha value is -3.03. The number of hydrogen-bond acceptors (Lipinski definition) is 3. The fourth-order valence-electron chi connectivity index (χ4n) is 3.03. The van der Waals surface area contributed by atoms with E-state index < -0.39 is 12.3 Å². The number of alkyl halides is 3. The van der Waals surface area contributed by atoms with Gasteiger partial charge >= 0.3 is 6.36 Å². The van der Waals surface area contributed by atoms with E-state index >= 15 is 0 Å². The monoisotopic (exact) mass is 392 g/mol. The van der Waals surface area contributed by atoms with Gasteiger partial charge in [0.25, 0.3) is 0 Å². The van der Waals surface area contributed by atoms with E-state index in [1.54, 1.807) is 4.90 Å². The van der Waals surface area contributed by atoms with Crippen molar-refractivity contribution in [1.82, 2.24) is 0 Å². The van der Waals surface area contributed by atoms with E-state index in [1.165, 1.54) is 12.1 Å². The van der Waals surface area contributed by atoms with Crippen LogP contribution >= 0.6 is 0 Å². The van der Waals surface area contributed by atoms with E-state index in [1.807, 2.05) is 31.2 Å². The number of halogens is 3. The van der Waals surface area contributed by atoms with Crippen molar-refractivity contribution in [1.29, 1.82) is 0 Å². The van der Waals surface area contributed by atoms with Crippen LogP contribution in [0.1, 0.15) is 18.9 Å². The lowest BCUT2D eigenvalue weighted by atomic mass is 10.1. The Morgan fingerprint density at radius 3 is 2.36 bits per heavy atom. The number of carbonyl (C=O) groups excluding carboxylic acids is 2. The highest BCUT2D eigenvalue weighted by molar-refractivity contribution is 6.03. The van der Waals surface area contributed by atoms with Gasteiger partial charge in [0.05, 0.1) is 5.92 Å². The van der Waals surface area contributed by atoms with Gasteiger partial charge in [-0.05, 0) is 48.4 Å².